The van der Waals surface area contributed by atoms with Crippen LogP contribution in [0.4, 0.5) is 0 Å². The van der Waals surface area contributed by atoms with Gasteiger partial charge in [-0.25, -0.2) is 0 Å². The maximum Gasteiger partial charge on any atom is 0.312 e. The Labute approximate surface area is 220 Å². The van der Waals surface area contributed by atoms with Crippen LogP contribution in [-0.2, 0) is 23.9 Å². The van der Waals surface area contributed by atoms with E-state index >= 15 is 0 Å². The number of carbonyl (C=O) groups is 3. The smallest absolute Gasteiger partial charge is 0.312 e. The normalized spacial score (nSPS) is 18.3. The van der Waals surface area contributed by atoms with Crippen LogP contribution in [0, 0.1) is 10.8 Å². The predicted molar refractivity (Wildman–Crippen MR) is 145 cm³/mol. The van der Waals surface area contributed by atoms with Crippen molar-refractivity contribution in [1.82, 2.24) is 0 Å². The van der Waals surface area contributed by atoms with Gasteiger partial charge < -0.3 is 9.47 Å². The fraction of sp³-hybridized carbons (Fsp3) is 0.903. The summed E-state index contributed by atoms with van der Waals surface area (Å²) in [7, 11) is 0. The highest BCUT2D eigenvalue weighted by molar-refractivity contribution is 5.78. The Kier molecular flexibility index (Phi) is 14.7. The van der Waals surface area contributed by atoms with Gasteiger partial charge in [0.15, 0.2) is 0 Å². The molecule has 0 bridgehead atoms. The van der Waals surface area contributed by atoms with Gasteiger partial charge in [0.25, 0.3) is 0 Å². The number of carbonyl (C=O) groups excluding carboxylic acids is 3. The fourth-order valence-corrected chi connectivity index (χ4v) is 6.19. The minimum Gasteiger partial charge on any atom is -0.465 e. The quantitative estimate of drug-likeness (QED) is 0.123. The van der Waals surface area contributed by atoms with Crippen molar-refractivity contribution in [2.24, 2.45) is 10.8 Å². The average molecular weight is 507 g/mol. The summed E-state index contributed by atoms with van der Waals surface area (Å²) >= 11 is 0. The summed E-state index contributed by atoms with van der Waals surface area (Å²) in [6.45, 7) is 5.32. The summed E-state index contributed by atoms with van der Waals surface area (Å²) in [4.78, 5) is 37.7. The van der Waals surface area contributed by atoms with E-state index in [2.05, 4.69) is 13.8 Å². The van der Waals surface area contributed by atoms with E-state index in [1.165, 1.54) is 0 Å². The van der Waals surface area contributed by atoms with Gasteiger partial charge in [-0.3, -0.25) is 14.4 Å². The topological polar surface area (TPSA) is 69.7 Å². The molecule has 0 heterocycles. The molecule has 5 heteroatoms. The van der Waals surface area contributed by atoms with Gasteiger partial charge in [-0.2, -0.15) is 0 Å². The molecule has 0 radical (unpaired) electrons. The summed E-state index contributed by atoms with van der Waals surface area (Å²) in [6.07, 6.45) is 21.4. The first-order valence-corrected chi connectivity index (χ1v) is 15.3. The van der Waals surface area contributed by atoms with E-state index in [9.17, 15) is 14.4 Å². The Hall–Kier alpha value is -1.39. The van der Waals surface area contributed by atoms with Crippen LogP contribution in [0.5, 0.6) is 0 Å². The van der Waals surface area contributed by atoms with E-state index in [0.29, 0.717) is 31.8 Å². The monoisotopic (exact) mass is 506 g/mol. The molecule has 2 aliphatic carbocycles. The average Bonchev–Trinajstić information content (AvgIpc) is 3.55. The molecule has 0 aliphatic heterocycles. The zero-order valence-electron chi connectivity index (χ0n) is 23.5. The standard InChI is InChI=1S/C31H54O5/c1-3-5-25-35-28(33)30(21-13-14-22-30)19-11-7-9-17-27(32)18-10-8-12-20-31(23-15-16-24-31)29(34)36-26-6-4-2/h3-26H2,1-2H3. The van der Waals surface area contributed by atoms with Gasteiger partial charge in [-0.15, -0.1) is 0 Å². The summed E-state index contributed by atoms with van der Waals surface area (Å²) in [5.41, 5.74) is -0.506. The van der Waals surface area contributed by atoms with E-state index in [-0.39, 0.29) is 22.8 Å². The molecule has 0 N–H and O–H groups in total. The molecule has 0 saturated heterocycles. The number of Topliss-reactive ketones (excluding diaryl/α,β-unsaturated/α-hetero) is 1. The molecule has 2 aliphatic rings. The highest BCUT2D eigenvalue weighted by atomic mass is 16.5. The molecule has 5 nitrogen and oxygen atoms in total. The number of ether oxygens (including phenoxy) is 2. The zero-order chi connectivity index (χ0) is 26.1. The lowest BCUT2D eigenvalue weighted by molar-refractivity contribution is -0.157. The molecule has 2 rings (SSSR count). The second kappa shape index (κ2) is 17.2. The second-order valence-corrected chi connectivity index (χ2v) is 11.6. The first-order chi connectivity index (χ1) is 17.5. The number of hydrogen-bond donors (Lipinski definition) is 0. The van der Waals surface area contributed by atoms with Crippen LogP contribution in [0.3, 0.4) is 0 Å². The largest absolute Gasteiger partial charge is 0.465 e. The molecule has 0 unspecified atom stereocenters. The Morgan fingerprint density at radius 1 is 0.556 bits per heavy atom. The van der Waals surface area contributed by atoms with Crippen LogP contribution < -0.4 is 0 Å². The van der Waals surface area contributed by atoms with Crippen LogP contribution in [0.15, 0.2) is 0 Å². The van der Waals surface area contributed by atoms with Crippen LogP contribution >= 0.6 is 0 Å². The van der Waals surface area contributed by atoms with Crippen LogP contribution in [0.1, 0.15) is 155 Å². The summed E-state index contributed by atoms with van der Waals surface area (Å²) in [6, 6.07) is 0. The van der Waals surface area contributed by atoms with Gasteiger partial charge in [0.2, 0.25) is 0 Å². The van der Waals surface area contributed by atoms with Crippen molar-refractivity contribution in [3.63, 3.8) is 0 Å². The molecule has 208 valence electrons. The molecule has 0 aromatic rings. The number of ketones is 1. The van der Waals surface area contributed by atoms with E-state index in [1.54, 1.807) is 0 Å². The van der Waals surface area contributed by atoms with Crippen molar-refractivity contribution in [3.8, 4) is 0 Å². The lowest BCUT2D eigenvalue weighted by atomic mass is 9.80. The van der Waals surface area contributed by atoms with Gasteiger partial charge in [-0.1, -0.05) is 78.1 Å². The number of esters is 2. The second-order valence-electron chi connectivity index (χ2n) is 11.6. The Balaban J connectivity index is 1.56. The van der Waals surface area contributed by atoms with E-state index in [0.717, 1.165) is 128 Å². The molecule has 0 atom stereocenters. The molecule has 2 fully saturated rings. The van der Waals surface area contributed by atoms with Gasteiger partial charge in [-0.05, 0) is 64.2 Å². The lowest BCUT2D eigenvalue weighted by Crippen LogP contribution is -2.30. The zero-order valence-corrected chi connectivity index (χ0v) is 23.5. The molecular formula is C31H54O5. The van der Waals surface area contributed by atoms with Crippen LogP contribution in [0.25, 0.3) is 0 Å². The summed E-state index contributed by atoms with van der Waals surface area (Å²) in [5, 5.41) is 0. The van der Waals surface area contributed by atoms with Crippen molar-refractivity contribution >= 4 is 17.7 Å². The Bertz CT molecular complexity index is 589. The van der Waals surface area contributed by atoms with Crippen molar-refractivity contribution in [3.05, 3.63) is 0 Å². The maximum atomic E-state index is 12.7. The Morgan fingerprint density at radius 3 is 1.31 bits per heavy atom. The van der Waals surface area contributed by atoms with Gasteiger partial charge in [0, 0.05) is 12.8 Å². The maximum absolute atomic E-state index is 12.7. The third kappa shape index (κ3) is 10.2. The van der Waals surface area contributed by atoms with Crippen LogP contribution in [-0.4, -0.2) is 30.9 Å². The van der Waals surface area contributed by atoms with Crippen LogP contribution in [0.2, 0.25) is 0 Å². The summed E-state index contributed by atoms with van der Waals surface area (Å²) < 4.78 is 11.2. The van der Waals surface area contributed by atoms with Crippen molar-refractivity contribution in [1.29, 1.82) is 0 Å². The molecule has 0 amide bonds. The lowest BCUT2D eigenvalue weighted by Gasteiger charge is -2.26. The predicted octanol–water partition coefficient (Wildman–Crippen LogP) is 8.26. The molecule has 0 spiro atoms. The first kappa shape index (κ1) is 30.8. The third-order valence-corrected chi connectivity index (χ3v) is 8.67. The minimum absolute atomic E-state index is 0.0260. The van der Waals surface area contributed by atoms with E-state index in [4.69, 9.17) is 9.47 Å². The van der Waals surface area contributed by atoms with Gasteiger partial charge >= 0.3 is 11.9 Å². The first-order valence-electron chi connectivity index (χ1n) is 15.3. The molecule has 2 saturated carbocycles. The van der Waals surface area contributed by atoms with Crippen molar-refractivity contribution in [2.75, 3.05) is 13.2 Å². The van der Waals surface area contributed by atoms with E-state index in [1.807, 2.05) is 0 Å². The summed E-state index contributed by atoms with van der Waals surface area (Å²) in [5.74, 6) is 0.412. The van der Waals surface area contributed by atoms with Crippen molar-refractivity contribution < 1.29 is 23.9 Å². The molecule has 36 heavy (non-hydrogen) atoms. The van der Waals surface area contributed by atoms with E-state index < -0.39 is 0 Å². The molecular weight excluding hydrogens is 452 g/mol. The third-order valence-electron chi connectivity index (χ3n) is 8.67. The van der Waals surface area contributed by atoms with Gasteiger partial charge in [0.1, 0.15) is 5.78 Å². The fourth-order valence-electron chi connectivity index (χ4n) is 6.19. The highest BCUT2D eigenvalue weighted by Crippen LogP contribution is 2.44. The number of rotatable bonds is 20. The molecule has 0 aromatic heterocycles. The Morgan fingerprint density at radius 2 is 0.944 bits per heavy atom. The van der Waals surface area contributed by atoms with Crippen molar-refractivity contribution in [2.45, 2.75) is 155 Å². The number of unbranched alkanes of at least 4 members (excludes halogenated alkanes) is 6. The molecule has 0 aromatic carbocycles. The highest BCUT2D eigenvalue weighted by Gasteiger charge is 2.42. The number of hydrogen-bond acceptors (Lipinski definition) is 5. The SMILES string of the molecule is CCCCOC(=O)C1(CCCCCC(=O)CCCCCC2(C(=O)OCCCC)CCCC2)CCCC1. The van der Waals surface area contributed by atoms with Gasteiger partial charge in [0.05, 0.1) is 24.0 Å². The minimum atomic E-state index is -0.253.